The molecule has 2 rings (SSSR count). The van der Waals surface area contributed by atoms with Crippen LogP contribution in [0.1, 0.15) is 35.3 Å². The van der Waals surface area contributed by atoms with Crippen LogP contribution < -0.4 is 16.4 Å². The van der Waals surface area contributed by atoms with E-state index in [-0.39, 0.29) is 17.7 Å². The molecule has 1 aliphatic carbocycles. The van der Waals surface area contributed by atoms with Crippen LogP contribution in [-0.2, 0) is 11.3 Å². The van der Waals surface area contributed by atoms with E-state index in [1.165, 1.54) is 0 Å². The number of nitrogens with two attached hydrogens (primary N) is 1. The number of amides is 2. The summed E-state index contributed by atoms with van der Waals surface area (Å²) in [4.78, 5) is 23.5. The molecule has 1 saturated carbocycles. The molecule has 7 nitrogen and oxygen atoms in total. The Kier molecular flexibility index (Phi) is 5.32. The van der Waals surface area contributed by atoms with E-state index in [2.05, 4.69) is 15.7 Å². The van der Waals surface area contributed by atoms with E-state index in [0.29, 0.717) is 31.7 Å². The molecule has 1 aromatic rings. The Labute approximate surface area is 124 Å². The molecule has 1 fully saturated rings. The maximum absolute atomic E-state index is 12.0. The average molecular weight is 293 g/mol. The molecule has 0 atom stereocenters. The van der Waals surface area contributed by atoms with Gasteiger partial charge in [0.05, 0.1) is 11.8 Å². The molecule has 0 bridgehead atoms. The first-order valence-electron chi connectivity index (χ1n) is 7.42. The summed E-state index contributed by atoms with van der Waals surface area (Å²) in [5.41, 5.74) is 6.88. The molecule has 4 N–H and O–H groups in total. The maximum Gasteiger partial charge on any atom is 0.254 e. The van der Waals surface area contributed by atoms with Crippen molar-refractivity contribution in [1.29, 1.82) is 0 Å². The second-order valence-electron chi connectivity index (χ2n) is 5.33. The van der Waals surface area contributed by atoms with Gasteiger partial charge < -0.3 is 16.4 Å². The number of rotatable bonds is 8. The predicted molar refractivity (Wildman–Crippen MR) is 78.7 cm³/mol. The van der Waals surface area contributed by atoms with Crippen LogP contribution in [0.5, 0.6) is 0 Å². The van der Waals surface area contributed by atoms with E-state index in [0.717, 1.165) is 25.0 Å². The standard InChI is InChI=1S/C14H23N5O2/c1-10-12(9-18-19(10)8-2-5-15)14(21)17-7-6-16-13(20)11-3-4-11/h9,11H,2-8,15H2,1H3,(H,16,20)(H,17,21). The third-order valence-electron chi connectivity index (χ3n) is 3.58. The van der Waals surface area contributed by atoms with Crippen molar-refractivity contribution in [3.63, 3.8) is 0 Å². The van der Waals surface area contributed by atoms with Gasteiger partial charge in [-0.25, -0.2) is 0 Å². The number of nitrogens with zero attached hydrogens (tertiary/aromatic N) is 2. The fourth-order valence-corrected chi connectivity index (χ4v) is 2.08. The molecule has 116 valence electrons. The minimum atomic E-state index is -0.160. The molecule has 1 aliphatic rings. The lowest BCUT2D eigenvalue weighted by Gasteiger charge is -2.07. The van der Waals surface area contributed by atoms with Gasteiger partial charge in [-0.2, -0.15) is 5.10 Å². The molecule has 0 saturated heterocycles. The van der Waals surface area contributed by atoms with Crippen molar-refractivity contribution in [2.45, 2.75) is 32.7 Å². The van der Waals surface area contributed by atoms with Crippen molar-refractivity contribution in [2.75, 3.05) is 19.6 Å². The highest BCUT2D eigenvalue weighted by Crippen LogP contribution is 2.28. The van der Waals surface area contributed by atoms with Gasteiger partial charge in [0.2, 0.25) is 5.91 Å². The van der Waals surface area contributed by atoms with Gasteiger partial charge in [-0.15, -0.1) is 0 Å². The zero-order valence-corrected chi connectivity index (χ0v) is 12.4. The molecule has 0 radical (unpaired) electrons. The molecule has 0 unspecified atom stereocenters. The number of aromatic nitrogens is 2. The normalized spacial score (nSPS) is 14.0. The van der Waals surface area contributed by atoms with E-state index in [1.807, 2.05) is 6.92 Å². The highest BCUT2D eigenvalue weighted by Gasteiger charge is 2.29. The number of carbonyl (C=O) groups excluding carboxylic acids is 2. The van der Waals surface area contributed by atoms with E-state index < -0.39 is 0 Å². The lowest BCUT2D eigenvalue weighted by Crippen LogP contribution is -2.35. The number of nitrogens with one attached hydrogen (secondary N) is 2. The second kappa shape index (κ2) is 7.21. The summed E-state index contributed by atoms with van der Waals surface area (Å²) in [5, 5.41) is 9.80. The third-order valence-corrected chi connectivity index (χ3v) is 3.58. The summed E-state index contributed by atoms with van der Waals surface area (Å²) in [6, 6.07) is 0. The summed E-state index contributed by atoms with van der Waals surface area (Å²) in [6.45, 7) is 4.06. The van der Waals surface area contributed by atoms with Crippen LogP contribution in [0.3, 0.4) is 0 Å². The van der Waals surface area contributed by atoms with Crippen LogP contribution in [0.4, 0.5) is 0 Å². The Morgan fingerprint density at radius 3 is 2.76 bits per heavy atom. The second-order valence-corrected chi connectivity index (χ2v) is 5.33. The van der Waals surface area contributed by atoms with Gasteiger partial charge in [0.15, 0.2) is 0 Å². The largest absolute Gasteiger partial charge is 0.354 e. The summed E-state index contributed by atoms with van der Waals surface area (Å²) in [6.07, 6.45) is 4.37. The molecule has 2 amide bonds. The van der Waals surface area contributed by atoms with Gasteiger partial charge in [-0.05, 0) is 32.7 Å². The summed E-state index contributed by atoms with van der Waals surface area (Å²) < 4.78 is 1.79. The quantitative estimate of drug-likeness (QED) is 0.577. The Balaban J connectivity index is 1.74. The minimum Gasteiger partial charge on any atom is -0.354 e. The van der Waals surface area contributed by atoms with Crippen molar-refractivity contribution < 1.29 is 9.59 Å². The fourth-order valence-electron chi connectivity index (χ4n) is 2.08. The van der Waals surface area contributed by atoms with Crippen LogP contribution in [0.2, 0.25) is 0 Å². The van der Waals surface area contributed by atoms with E-state index in [1.54, 1.807) is 10.9 Å². The molecular formula is C14H23N5O2. The third kappa shape index (κ3) is 4.29. The van der Waals surface area contributed by atoms with Crippen LogP contribution >= 0.6 is 0 Å². The predicted octanol–water partition coefficient (Wildman–Crippen LogP) is -0.204. The Hall–Kier alpha value is -1.89. The Morgan fingerprint density at radius 2 is 2.10 bits per heavy atom. The first-order valence-corrected chi connectivity index (χ1v) is 7.42. The molecule has 21 heavy (non-hydrogen) atoms. The number of hydrogen-bond donors (Lipinski definition) is 3. The van der Waals surface area contributed by atoms with Crippen molar-refractivity contribution in [3.8, 4) is 0 Å². The van der Waals surface area contributed by atoms with Crippen LogP contribution in [-0.4, -0.2) is 41.2 Å². The molecule has 0 spiro atoms. The lowest BCUT2D eigenvalue weighted by atomic mass is 10.2. The monoisotopic (exact) mass is 293 g/mol. The van der Waals surface area contributed by atoms with Gasteiger partial charge >= 0.3 is 0 Å². The van der Waals surface area contributed by atoms with E-state index >= 15 is 0 Å². The molecule has 7 heteroatoms. The summed E-state index contributed by atoms with van der Waals surface area (Å²) in [7, 11) is 0. The van der Waals surface area contributed by atoms with Gasteiger partial charge in [0.1, 0.15) is 0 Å². The zero-order valence-electron chi connectivity index (χ0n) is 12.4. The minimum absolute atomic E-state index is 0.0926. The number of aryl methyl sites for hydroxylation is 1. The van der Waals surface area contributed by atoms with Crippen LogP contribution in [0.25, 0.3) is 0 Å². The van der Waals surface area contributed by atoms with Gasteiger partial charge in [0, 0.05) is 31.2 Å². The van der Waals surface area contributed by atoms with Crippen molar-refractivity contribution >= 4 is 11.8 Å². The zero-order chi connectivity index (χ0) is 15.2. The first-order chi connectivity index (χ1) is 10.1. The SMILES string of the molecule is Cc1c(C(=O)NCCNC(=O)C2CC2)cnn1CCCN. The molecule has 1 aromatic heterocycles. The molecular weight excluding hydrogens is 270 g/mol. The maximum atomic E-state index is 12.0. The molecule has 1 heterocycles. The van der Waals surface area contributed by atoms with Crippen molar-refractivity contribution in [3.05, 3.63) is 17.5 Å². The van der Waals surface area contributed by atoms with Crippen molar-refractivity contribution in [1.82, 2.24) is 20.4 Å². The first kappa shape index (κ1) is 15.5. The topological polar surface area (TPSA) is 102 Å². The van der Waals surface area contributed by atoms with E-state index in [4.69, 9.17) is 5.73 Å². The number of carbonyl (C=O) groups is 2. The highest BCUT2D eigenvalue weighted by molar-refractivity contribution is 5.95. The molecule has 0 aliphatic heterocycles. The van der Waals surface area contributed by atoms with Gasteiger partial charge in [0.25, 0.3) is 5.91 Å². The van der Waals surface area contributed by atoms with Gasteiger partial charge in [-0.1, -0.05) is 0 Å². The summed E-state index contributed by atoms with van der Waals surface area (Å²) in [5.74, 6) is 0.130. The summed E-state index contributed by atoms with van der Waals surface area (Å²) >= 11 is 0. The Bertz CT molecular complexity index is 507. The van der Waals surface area contributed by atoms with Crippen molar-refractivity contribution in [2.24, 2.45) is 11.7 Å². The molecule has 0 aromatic carbocycles. The lowest BCUT2D eigenvalue weighted by molar-refractivity contribution is -0.122. The van der Waals surface area contributed by atoms with Crippen LogP contribution in [0.15, 0.2) is 6.20 Å². The number of hydrogen-bond acceptors (Lipinski definition) is 4. The van der Waals surface area contributed by atoms with E-state index in [9.17, 15) is 9.59 Å². The van der Waals surface area contributed by atoms with Crippen LogP contribution in [0, 0.1) is 12.8 Å². The average Bonchev–Trinajstić information content (AvgIpc) is 3.25. The highest BCUT2D eigenvalue weighted by atomic mass is 16.2. The fraction of sp³-hybridized carbons (Fsp3) is 0.643. The van der Waals surface area contributed by atoms with Gasteiger partial charge in [-0.3, -0.25) is 14.3 Å². The Morgan fingerprint density at radius 1 is 1.38 bits per heavy atom. The smallest absolute Gasteiger partial charge is 0.254 e.